The summed E-state index contributed by atoms with van der Waals surface area (Å²) in [6.07, 6.45) is 2.26. The molecule has 1 unspecified atom stereocenters. The molecule has 9 heteroatoms. The van der Waals surface area contributed by atoms with Gasteiger partial charge >= 0.3 is 5.78 Å². The van der Waals surface area contributed by atoms with Crippen molar-refractivity contribution in [1.29, 1.82) is 0 Å². The Hall–Kier alpha value is -5.41. The van der Waals surface area contributed by atoms with Gasteiger partial charge in [0.25, 0.3) is 0 Å². The first-order valence-electron chi connectivity index (χ1n) is 17.8. The molecule has 4 aromatic carbocycles. The van der Waals surface area contributed by atoms with Crippen LogP contribution in [0.3, 0.4) is 0 Å². The molecule has 2 aliphatic rings. The topological polar surface area (TPSA) is 119 Å². The third kappa shape index (κ3) is 7.25. The number of nitrogens with one attached hydrogen (secondary N) is 1. The van der Waals surface area contributed by atoms with Crippen molar-refractivity contribution < 1.29 is 29.2 Å². The van der Waals surface area contributed by atoms with Crippen molar-refractivity contribution in [3.8, 4) is 39.9 Å². The second kappa shape index (κ2) is 15.2. The van der Waals surface area contributed by atoms with Crippen molar-refractivity contribution in [1.82, 2.24) is 10.3 Å². The Kier molecular flexibility index (Phi) is 10.2. The minimum absolute atomic E-state index is 0.0000798. The van der Waals surface area contributed by atoms with Crippen LogP contribution in [0.1, 0.15) is 53.0 Å². The van der Waals surface area contributed by atoms with E-state index >= 15 is 0 Å². The predicted molar refractivity (Wildman–Crippen MR) is 200 cm³/mol. The number of anilines is 1. The molecule has 7 rings (SSSR count). The van der Waals surface area contributed by atoms with Crippen molar-refractivity contribution >= 4 is 11.6 Å². The molecule has 0 aliphatic carbocycles. The Morgan fingerprint density at radius 2 is 1.67 bits per heavy atom. The van der Waals surface area contributed by atoms with Gasteiger partial charge in [-0.2, -0.15) is 0 Å². The average molecular weight is 688 g/mol. The summed E-state index contributed by atoms with van der Waals surface area (Å²) in [4.78, 5) is 18.8. The molecule has 1 aromatic heterocycles. The molecule has 3 heterocycles. The van der Waals surface area contributed by atoms with Crippen molar-refractivity contribution in [3.63, 3.8) is 0 Å². The molecule has 0 radical (unpaired) electrons. The highest BCUT2D eigenvalue weighted by Gasteiger charge is 2.40. The lowest BCUT2D eigenvalue weighted by molar-refractivity contribution is 0.195. The number of methoxy groups -OCH3 is 1. The van der Waals surface area contributed by atoms with Crippen molar-refractivity contribution in [2.75, 3.05) is 44.8 Å². The molecule has 51 heavy (non-hydrogen) atoms. The van der Waals surface area contributed by atoms with Gasteiger partial charge in [0.05, 0.1) is 13.7 Å². The van der Waals surface area contributed by atoms with E-state index in [1.807, 2.05) is 18.2 Å². The van der Waals surface area contributed by atoms with Crippen LogP contribution in [0.25, 0.3) is 11.1 Å². The van der Waals surface area contributed by atoms with Crippen LogP contribution in [0.2, 0.25) is 0 Å². The lowest BCUT2D eigenvalue weighted by atomic mass is 9.90. The van der Waals surface area contributed by atoms with E-state index in [-0.39, 0.29) is 35.0 Å². The molecule has 0 saturated carbocycles. The minimum atomic E-state index is -0.536. The van der Waals surface area contributed by atoms with Crippen LogP contribution in [-0.2, 0) is 25.7 Å². The molecule has 1 saturated heterocycles. The molecule has 4 N–H and O–H groups in total. The lowest BCUT2D eigenvalue weighted by Crippen LogP contribution is -2.44. The molecule has 0 amide bonds. The number of aromatic hydroxyl groups is 2. The van der Waals surface area contributed by atoms with Gasteiger partial charge < -0.3 is 39.6 Å². The number of aryl methyl sites for hydroxylation is 2. The van der Waals surface area contributed by atoms with Crippen LogP contribution < -0.4 is 29.4 Å². The summed E-state index contributed by atoms with van der Waals surface area (Å²) in [6.45, 7) is 6.20. The lowest BCUT2D eigenvalue weighted by Gasteiger charge is -2.37. The van der Waals surface area contributed by atoms with E-state index in [0.717, 1.165) is 71.9 Å². The number of rotatable bonds is 12. The van der Waals surface area contributed by atoms with E-state index in [4.69, 9.17) is 19.2 Å². The standard InChI is InChI=1S/C42H44N3O6/c1-3-31-25-34(42(44-31)45-21-19-43-20-22-45)30-11-7-10-28(24-30)12-17-33-39-37(35(47)26-36(51-39)29-13-15-32(46)16-14-29)38(48)41(49-2)40(33)50-23-18-27-8-5-4-6-9-27/h4-11,13-16,24-25,36,43,46H,3,12,17-23,26H2,1-2H3,(H,47,48)/q-1/p+1. The molecule has 2 aliphatic heterocycles. The van der Waals surface area contributed by atoms with E-state index in [9.17, 15) is 15.0 Å². The molecule has 0 spiro atoms. The maximum Gasteiger partial charge on any atom is 0.335 e. The minimum Gasteiger partial charge on any atom is -0.508 e. The third-order valence-electron chi connectivity index (χ3n) is 9.79. The first-order chi connectivity index (χ1) is 24.9. The van der Waals surface area contributed by atoms with Crippen LogP contribution in [0, 0.1) is 0 Å². The summed E-state index contributed by atoms with van der Waals surface area (Å²) in [6, 6.07) is 27.6. The fourth-order valence-electron chi connectivity index (χ4n) is 7.07. The number of hydrogen-bond donors (Lipinski definition) is 3. The van der Waals surface area contributed by atoms with E-state index in [1.54, 1.807) is 24.3 Å². The van der Waals surface area contributed by atoms with E-state index in [0.29, 0.717) is 42.9 Å². The molecule has 264 valence electrons. The van der Waals surface area contributed by atoms with Crippen molar-refractivity contribution in [2.24, 2.45) is 0 Å². The second-order valence-electron chi connectivity index (χ2n) is 13.1. The zero-order valence-corrected chi connectivity index (χ0v) is 29.2. The number of hydrogen-bond acceptors (Lipinski definition) is 7. The number of ether oxygens (including phenoxy) is 3. The predicted octanol–water partition coefficient (Wildman–Crippen LogP) is 6.53. The smallest absolute Gasteiger partial charge is 0.335 e. The van der Waals surface area contributed by atoms with Gasteiger partial charge in [0, 0.05) is 12.0 Å². The molecule has 1 fully saturated rings. The van der Waals surface area contributed by atoms with Gasteiger partial charge in [-0.25, -0.2) is 0 Å². The monoisotopic (exact) mass is 687 g/mol. The Morgan fingerprint density at radius 1 is 0.902 bits per heavy atom. The van der Waals surface area contributed by atoms with Gasteiger partial charge in [0.15, 0.2) is 17.1 Å². The quantitative estimate of drug-likeness (QED) is 0.127. The summed E-state index contributed by atoms with van der Waals surface area (Å²) < 4.78 is 18.9. The zero-order chi connectivity index (χ0) is 35.3. The molecule has 5 aromatic rings. The van der Waals surface area contributed by atoms with E-state index < -0.39 is 6.10 Å². The second-order valence-corrected chi connectivity index (χ2v) is 13.1. The number of phenols is 2. The van der Waals surface area contributed by atoms with Crippen LogP contribution in [0.15, 0.2) is 84.9 Å². The number of aromatic nitrogens is 1. The van der Waals surface area contributed by atoms with Crippen LogP contribution in [0.5, 0.6) is 28.7 Å². The average Bonchev–Trinajstić information content (AvgIpc) is 3.61. The van der Waals surface area contributed by atoms with E-state index in [1.165, 1.54) is 7.11 Å². The fraction of sp³-hybridized carbons (Fsp3) is 0.310. The summed E-state index contributed by atoms with van der Waals surface area (Å²) in [5.41, 5.74) is 7.31. The van der Waals surface area contributed by atoms with Gasteiger partial charge in [-0.3, -0.25) is 4.79 Å². The highest BCUT2D eigenvalue weighted by atomic mass is 16.5. The van der Waals surface area contributed by atoms with Crippen molar-refractivity contribution in [2.45, 2.75) is 45.1 Å². The largest absolute Gasteiger partial charge is 0.508 e. The Bertz CT molecular complexity index is 1980. The Morgan fingerprint density at radius 3 is 2.41 bits per heavy atom. The number of phenolic OH excluding ortho intramolecular Hbond substituents is 2. The van der Waals surface area contributed by atoms with E-state index in [2.05, 4.69) is 59.6 Å². The highest BCUT2D eigenvalue weighted by Crippen LogP contribution is 2.52. The van der Waals surface area contributed by atoms with Gasteiger partial charge in [-0.15, -0.1) is 0 Å². The molecule has 1 atom stereocenters. The maximum absolute atomic E-state index is 11.5. The van der Waals surface area contributed by atoms with Gasteiger partial charge in [-0.05, 0) is 85.4 Å². The molecule has 0 bridgehead atoms. The SMILES string of the molecule is CCc1cc(-c2cccc(CCc3c(OCCc4ccccc4)c(OC)c(O)c4c3OC(c3ccc(O)cc3)CC4=[OH+])c2)c(N2CCNCC2)[n-]1. The molecular weight excluding hydrogens is 642 g/mol. The number of carbonyl (C=O) groups excluding carboxylic acids is 1. The third-order valence-corrected chi connectivity index (χ3v) is 9.79. The van der Waals surface area contributed by atoms with Gasteiger partial charge in [-0.1, -0.05) is 91.2 Å². The first-order valence-corrected chi connectivity index (χ1v) is 17.8. The summed E-state index contributed by atoms with van der Waals surface area (Å²) in [7, 11) is 1.49. The van der Waals surface area contributed by atoms with Crippen LogP contribution >= 0.6 is 0 Å². The van der Waals surface area contributed by atoms with Gasteiger partial charge in [0.1, 0.15) is 24.0 Å². The summed E-state index contributed by atoms with van der Waals surface area (Å²) >= 11 is 0. The molecular formula is C42H45N3O6. The normalized spacial score (nSPS) is 15.7. The number of piperazine rings is 1. The number of nitrogens with zero attached hydrogens (tertiary/aromatic N) is 2. The number of fused-ring (bicyclic) bond motifs is 1. The van der Waals surface area contributed by atoms with Crippen LogP contribution in [0.4, 0.5) is 5.82 Å². The van der Waals surface area contributed by atoms with Gasteiger partial charge in [0.2, 0.25) is 5.75 Å². The highest BCUT2D eigenvalue weighted by molar-refractivity contribution is 6.05. The summed E-state index contributed by atoms with van der Waals surface area (Å²) in [5.74, 6) is 1.90. The summed E-state index contributed by atoms with van der Waals surface area (Å²) in [5, 5.41) is 24.9. The molecule has 9 nitrogen and oxygen atoms in total. The Labute approximate surface area is 298 Å². The first kappa shape index (κ1) is 34.1. The van der Waals surface area contributed by atoms with Crippen LogP contribution in [-0.4, -0.2) is 60.7 Å². The Balaban J connectivity index is 1.24. The fourth-order valence-corrected chi connectivity index (χ4v) is 7.07. The number of benzene rings is 4. The maximum atomic E-state index is 11.5. The zero-order valence-electron chi connectivity index (χ0n) is 29.2. The number of ketones is 1. The van der Waals surface area contributed by atoms with Crippen molar-refractivity contribution in [3.05, 3.63) is 118 Å².